The molecule has 0 spiro atoms. The van der Waals surface area contributed by atoms with Gasteiger partial charge in [-0.05, 0) is 66.8 Å². The molecule has 0 bridgehead atoms. The molecule has 1 aliphatic carbocycles. The fraction of sp³-hybridized carbons (Fsp3) is 0.435. The lowest BCUT2D eigenvalue weighted by Crippen LogP contribution is -2.37. The molecule has 1 aliphatic heterocycles. The van der Waals surface area contributed by atoms with Crippen molar-refractivity contribution in [1.29, 1.82) is 0 Å². The number of amides is 1. The number of fused-ring (bicyclic) bond motifs is 1. The molecule has 0 aromatic heterocycles. The van der Waals surface area contributed by atoms with Crippen molar-refractivity contribution in [2.24, 2.45) is 0 Å². The molecule has 0 radical (unpaired) electrons. The maximum atomic E-state index is 13.0. The summed E-state index contributed by atoms with van der Waals surface area (Å²) < 4.78 is 5.49. The number of nitrogens with zero attached hydrogens (tertiary/aromatic N) is 1. The fourth-order valence-electron chi connectivity index (χ4n) is 4.51. The molecule has 2 aromatic rings. The number of hydrogen-bond donors (Lipinski definition) is 0. The highest BCUT2D eigenvalue weighted by atomic mass is 16.5. The van der Waals surface area contributed by atoms with E-state index in [0.717, 1.165) is 38.0 Å². The number of hydrogen-bond acceptors (Lipinski definition) is 2. The Labute approximate surface area is 156 Å². The lowest BCUT2D eigenvalue weighted by atomic mass is 10.0. The maximum Gasteiger partial charge on any atom is 0.227 e. The van der Waals surface area contributed by atoms with E-state index >= 15 is 0 Å². The molecule has 0 N–H and O–H groups in total. The van der Waals surface area contributed by atoms with Crippen molar-refractivity contribution < 1.29 is 9.53 Å². The van der Waals surface area contributed by atoms with Gasteiger partial charge in [-0.2, -0.15) is 0 Å². The average Bonchev–Trinajstić information content (AvgIpc) is 3.31. The number of benzene rings is 2. The molecular weight excluding hydrogens is 322 g/mol. The van der Waals surface area contributed by atoms with Crippen molar-refractivity contribution in [3.8, 4) is 5.75 Å². The van der Waals surface area contributed by atoms with Crippen LogP contribution in [-0.2, 0) is 30.5 Å². The molecular formula is C23H27NO2. The average molecular weight is 349 g/mol. The minimum Gasteiger partial charge on any atom is -0.496 e. The molecule has 1 saturated heterocycles. The molecule has 1 fully saturated rings. The van der Waals surface area contributed by atoms with E-state index in [1.165, 1.54) is 35.1 Å². The van der Waals surface area contributed by atoms with E-state index in [1.807, 2.05) is 18.2 Å². The van der Waals surface area contributed by atoms with Crippen molar-refractivity contribution in [3.63, 3.8) is 0 Å². The summed E-state index contributed by atoms with van der Waals surface area (Å²) in [5, 5.41) is 0. The zero-order valence-electron chi connectivity index (χ0n) is 15.5. The number of ether oxygens (including phenoxy) is 1. The Hall–Kier alpha value is -2.29. The van der Waals surface area contributed by atoms with Crippen molar-refractivity contribution in [2.75, 3.05) is 13.7 Å². The minimum absolute atomic E-state index is 0.264. The number of methoxy groups -OCH3 is 1. The van der Waals surface area contributed by atoms with Crippen molar-refractivity contribution in [2.45, 2.75) is 51.0 Å². The Balaban J connectivity index is 1.45. The summed E-state index contributed by atoms with van der Waals surface area (Å²) in [5.74, 6) is 1.19. The van der Waals surface area contributed by atoms with Gasteiger partial charge in [0.2, 0.25) is 5.91 Å². The Bertz CT molecular complexity index is 799. The second-order valence-corrected chi connectivity index (χ2v) is 7.53. The summed E-state index contributed by atoms with van der Waals surface area (Å²) in [6.07, 6.45) is 7.17. The molecule has 1 heterocycles. The molecule has 3 heteroatoms. The van der Waals surface area contributed by atoms with Crippen LogP contribution in [0.5, 0.6) is 5.75 Å². The van der Waals surface area contributed by atoms with E-state index in [0.29, 0.717) is 6.42 Å². The number of para-hydroxylation sites is 1. The van der Waals surface area contributed by atoms with Gasteiger partial charge in [0.25, 0.3) is 0 Å². The van der Waals surface area contributed by atoms with E-state index in [1.54, 1.807) is 7.11 Å². The summed E-state index contributed by atoms with van der Waals surface area (Å²) in [6.45, 7) is 0.879. The topological polar surface area (TPSA) is 29.5 Å². The van der Waals surface area contributed by atoms with Gasteiger partial charge in [0.15, 0.2) is 0 Å². The molecule has 1 unspecified atom stereocenters. The van der Waals surface area contributed by atoms with Crippen LogP contribution in [0.2, 0.25) is 0 Å². The van der Waals surface area contributed by atoms with Crippen LogP contribution in [0.25, 0.3) is 0 Å². The first kappa shape index (κ1) is 17.1. The number of rotatable bonds is 5. The second kappa shape index (κ2) is 7.53. The smallest absolute Gasteiger partial charge is 0.227 e. The minimum atomic E-state index is 0.264. The summed E-state index contributed by atoms with van der Waals surface area (Å²) in [5.41, 5.74) is 5.27. The predicted octanol–water partition coefficient (Wildman–Crippen LogP) is 3.96. The van der Waals surface area contributed by atoms with Crippen molar-refractivity contribution >= 4 is 5.91 Å². The van der Waals surface area contributed by atoms with E-state index < -0.39 is 0 Å². The van der Waals surface area contributed by atoms with Crippen LogP contribution in [-0.4, -0.2) is 30.5 Å². The molecule has 1 atom stereocenters. The largest absolute Gasteiger partial charge is 0.496 e. The standard InChI is InChI=1S/C23H27NO2/c1-26-22-10-3-2-6-20(22)16-21-9-5-13-24(21)23(25)15-17-11-12-18-7-4-8-19(18)14-17/h2-3,6,10-12,14,21H,4-5,7-9,13,15-16H2,1H3. The van der Waals surface area contributed by atoms with Gasteiger partial charge < -0.3 is 9.64 Å². The highest BCUT2D eigenvalue weighted by Gasteiger charge is 2.29. The van der Waals surface area contributed by atoms with Gasteiger partial charge in [-0.15, -0.1) is 0 Å². The normalized spacial score (nSPS) is 18.8. The van der Waals surface area contributed by atoms with Crippen LogP contribution in [0.3, 0.4) is 0 Å². The highest BCUT2D eigenvalue weighted by Crippen LogP contribution is 2.27. The van der Waals surface area contributed by atoms with E-state index in [4.69, 9.17) is 4.74 Å². The lowest BCUT2D eigenvalue weighted by molar-refractivity contribution is -0.131. The molecule has 136 valence electrons. The van der Waals surface area contributed by atoms with Crippen molar-refractivity contribution in [1.82, 2.24) is 4.90 Å². The molecule has 3 nitrogen and oxygen atoms in total. The first-order valence-electron chi connectivity index (χ1n) is 9.76. The van der Waals surface area contributed by atoms with Gasteiger partial charge in [-0.25, -0.2) is 0 Å². The molecule has 0 saturated carbocycles. The quantitative estimate of drug-likeness (QED) is 0.818. The molecule has 26 heavy (non-hydrogen) atoms. The third-order valence-corrected chi connectivity index (χ3v) is 5.86. The van der Waals surface area contributed by atoms with E-state index in [-0.39, 0.29) is 11.9 Å². The van der Waals surface area contributed by atoms with E-state index in [9.17, 15) is 4.79 Å². The summed E-state index contributed by atoms with van der Waals surface area (Å²) >= 11 is 0. The summed E-state index contributed by atoms with van der Waals surface area (Å²) in [6, 6.07) is 15.1. The first-order valence-corrected chi connectivity index (χ1v) is 9.76. The molecule has 1 amide bonds. The van der Waals surface area contributed by atoms with Gasteiger partial charge in [0.1, 0.15) is 5.75 Å². The van der Waals surface area contributed by atoms with Crippen molar-refractivity contribution in [3.05, 3.63) is 64.7 Å². The van der Waals surface area contributed by atoms with Gasteiger partial charge in [0.05, 0.1) is 13.5 Å². The molecule has 2 aromatic carbocycles. The SMILES string of the molecule is COc1ccccc1CC1CCCN1C(=O)Cc1ccc2c(c1)CCC2. The Kier molecular flexibility index (Phi) is 4.96. The lowest BCUT2D eigenvalue weighted by Gasteiger charge is -2.25. The first-order chi connectivity index (χ1) is 12.7. The third kappa shape index (κ3) is 3.48. The van der Waals surface area contributed by atoms with Crippen LogP contribution in [0, 0.1) is 0 Å². The van der Waals surface area contributed by atoms with Crippen LogP contribution < -0.4 is 4.74 Å². The Morgan fingerprint density at radius 3 is 2.85 bits per heavy atom. The highest BCUT2D eigenvalue weighted by molar-refractivity contribution is 5.79. The summed E-state index contributed by atoms with van der Waals surface area (Å²) in [7, 11) is 1.71. The van der Waals surface area contributed by atoms with Crippen LogP contribution in [0.4, 0.5) is 0 Å². The Morgan fingerprint density at radius 2 is 1.96 bits per heavy atom. The number of aryl methyl sites for hydroxylation is 2. The molecule has 4 rings (SSSR count). The third-order valence-electron chi connectivity index (χ3n) is 5.86. The van der Waals surface area contributed by atoms with Gasteiger partial charge in [0, 0.05) is 12.6 Å². The summed E-state index contributed by atoms with van der Waals surface area (Å²) in [4.78, 5) is 15.1. The van der Waals surface area contributed by atoms with Gasteiger partial charge in [-0.3, -0.25) is 4.79 Å². The van der Waals surface area contributed by atoms with Gasteiger partial charge in [-0.1, -0.05) is 36.4 Å². The number of carbonyl (C=O) groups is 1. The zero-order chi connectivity index (χ0) is 17.9. The van der Waals surface area contributed by atoms with Crippen LogP contribution >= 0.6 is 0 Å². The number of carbonyl (C=O) groups excluding carboxylic acids is 1. The zero-order valence-corrected chi connectivity index (χ0v) is 15.5. The monoisotopic (exact) mass is 349 g/mol. The Morgan fingerprint density at radius 1 is 1.12 bits per heavy atom. The molecule has 2 aliphatic rings. The van der Waals surface area contributed by atoms with Crippen LogP contribution in [0.15, 0.2) is 42.5 Å². The predicted molar refractivity (Wildman–Crippen MR) is 104 cm³/mol. The van der Waals surface area contributed by atoms with E-state index in [2.05, 4.69) is 29.2 Å². The fourth-order valence-corrected chi connectivity index (χ4v) is 4.51. The maximum absolute atomic E-state index is 13.0. The second-order valence-electron chi connectivity index (χ2n) is 7.53. The van der Waals surface area contributed by atoms with Crippen LogP contribution in [0.1, 0.15) is 41.5 Å². The van der Waals surface area contributed by atoms with Gasteiger partial charge >= 0.3 is 0 Å². The number of likely N-dealkylation sites (tertiary alicyclic amines) is 1.